The van der Waals surface area contributed by atoms with Crippen LogP contribution in [0, 0.1) is 20.8 Å². The van der Waals surface area contributed by atoms with Crippen LogP contribution in [0.15, 0.2) is 90.0 Å². The van der Waals surface area contributed by atoms with E-state index in [1.807, 2.05) is 37.3 Å². The molecule has 1 N–H and O–H groups in total. The lowest BCUT2D eigenvalue weighted by Gasteiger charge is -2.12. The van der Waals surface area contributed by atoms with Crippen molar-refractivity contribution in [3.8, 4) is 11.1 Å². The van der Waals surface area contributed by atoms with Gasteiger partial charge in [-0.2, -0.15) is 0 Å². The first kappa shape index (κ1) is 23.8. The predicted octanol–water partition coefficient (Wildman–Crippen LogP) is 7.21. The van der Waals surface area contributed by atoms with Crippen LogP contribution in [0.5, 0.6) is 0 Å². The Morgan fingerprint density at radius 3 is 2.15 bits per heavy atom. The smallest absolute Gasteiger partial charge is 0.261 e. The highest BCUT2D eigenvalue weighted by atomic mass is 32.2. The number of hydrogen-bond donors (Lipinski definition) is 1. The molecule has 0 saturated heterocycles. The minimum atomic E-state index is -3.70. The third kappa shape index (κ3) is 4.78. The van der Waals surface area contributed by atoms with Gasteiger partial charge in [0.1, 0.15) is 0 Å². The molecule has 0 aromatic heterocycles. The molecule has 0 amide bonds. The minimum Gasteiger partial charge on any atom is -0.286 e. The zero-order chi connectivity index (χ0) is 24.5. The second kappa shape index (κ2) is 9.47. The van der Waals surface area contributed by atoms with E-state index in [1.165, 1.54) is 16.7 Å². The zero-order valence-electron chi connectivity index (χ0n) is 20.4. The zero-order valence-corrected chi connectivity index (χ0v) is 21.2. The van der Waals surface area contributed by atoms with Crippen LogP contribution in [-0.4, -0.2) is 8.42 Å². The summed E-state index contributed by atoms with van der Waals surface area (Å²) in [4.78, 5) is 0.245. The molecular formula is C30H31NO2S. The highest BCUT2D eigenvalue weighted by molar-refractivity contribution is 7.89. The molecule has 0 aliphatic heterocycles. The van der Waals surface area contributed by atoms with Crippen molar-refractivity contribution in [1.29, 1.82) is 0 Å². The van der Waals surface area contributed by atoms with Crippen LogP contribution < -0.4 is 4.72 Å². The van der Waals surface area contributed by atoms with Crippen LogP contribution in [0.1, 0.15) is 53.1 Å². The van der Waals surface area contributed by atoms with Gasteiger partial charge < -0.3 is 0 Å². The fourth-order valence-electron chi connectivity index (χ4n) is 4.27. The van der Waals surface area contributed by atoms with Crippen LogP contribution in [0.3, 0.4) is 0 Å². The Labute approximate surface area is 203 Å². The highest BCUT2D eigenvalue weighted by Crippen LogP contribution is 2.41. The van der Waals surface area contributed by atoms with Gasteiger partial charge in [-0.3, -0.25) is 4.72 Å². The van der Waals surface area contributed by atoms with Crippen LogP contribution >= 0.6 is 0 Å². The van der Waals surface area contributed by atoms with Crippen molar-refractivity contribution in [2.45, 2.75) is 45.4 Å². The molecule has 4 heteroatoms. The van der Waals surface area contributed by atoms with Crippen molar-refractivity contribution in [3.63, 3.8) is 0 Å². The Bertz CT molecular complexity index is 1420. The molecule has 0 heterocycles. The predicted molar refractivity (Wildman–Crippen MR) is 142 cm³/mol. The molecule has 0 bridgehead atoms. The molecule has 0 fully saturated rings. The van der Waals surface area contributed by atoms with Crippen molar-refractivity contribution in [3.05, 3.63) is 118 Å². The molecule has 2 aromatic carbocycles. The van der Waals surface area contributed by atoms with Crippen molar-refractivity contribution in [2.24, 2.45) is 0 Å². The third-order valence-corrected chi connectivity index (χ3v) is 7.61. The lowest BCUT2D eigenvalue weighted by atomic mass is 9.94. The number of fused-ring (bicyclic) bond motifs is 1. The molecule has 0 radical (unpaired) electrons. The van der Waals surface area contributed by atoms with Crippen molar-refractivity contribution >= 4 is 15.6 Å². The van der Waals surface area contributed by atoms with E-state index in [9.17, 15) is 8.42 Å². The minimum absolute atomic E-state index is 0.245. The molecule has 4 rings (SSSR count). The molecule has 0 unspecified atom stereocenters. The lowest BCUT2D eigenvalue weighted by molar-refractivity contribution is 0.590. The summed E-state index contributed by atoms with van der Waals surface area (Å²) in [5, 5.41) is 0. The summed E-state index contributed by atoms with van der Waals surface area (Å²) >= 11 is 0. The summed E-state index contributed by atoms with van der Waals surface area (Å²) in [5.41, 5.74) is 9.80. The summed E-state index contributed by atoms with van der Waals surface area (Å²) in [7, 11) is -3.70. The molecule has 3 nitrogen and oxygen atoms in total. The SMILES string of the molecule is Cc1ccc(S(=O)(=O)N/C=C(/c2ccccc2)c2cc(C)c3cc(C(C)C)ccc(C)c2-3)cc1. The fraction of sp³-hybridized carbons (Fsp3) is 0.200. The van der Waals surface area contributed by atoms with Crippen molar-refractivity contribution < 1.29 is 8.42 Å². The monoisotopic (exact) mass is 469 g/mol. The topological polar surface area (TPSA) is 46.2 Å². The number of sulfonamides is 1. The fourth-order valence-corrected chi connectivity index (χ4v) is 5.17. The molecule has 0 atom stereocenters. The Balaban J connectivity index is 1.88. The number of hydrogen-bond acceptors (Lipinski definition) is 2. The average Bonchev–Trinajstić information content (AvgIpc) is 3.01. The van der Waals surface area contributed by atoms with Crippen LogP contribution in [0.4, 0.5) is 0 Å². The Morgan fingerprint density at radius 2 is 1.50 bits per heavy atom. The van der Waals surface area contributed by atoms with Crippen molar-refractivity contribution in [1.82, 2.24) is 4.72 Å². The highest BCUT2D eigenvalue weighted by Gasteiger charge is 2.21. The molecule has 0 spiro atoms. The maximum absolute atomic E-state index is 13.1. The molecule has 174 valence electrons. The average molecular weight is 470 g/mol. The second-order valence-corrected chi connectivity index (χ2v) is 10.9. The third-order valence-electron chi connectivity index (χ3n) is 6.29. The summed E-state index contributed by atoms with van der Waals surface area (Å²) in [6.45, 7) is 10.6. The van der Waals surface area contributed by atoms with Gasteiger partial charge >= 0.3 is 0 Å². The summed E-state index contributed by atoms with van der Waals surface area (Å²) < 4.78 is 28.9. The van der Waals surface area contributed by atoms with Crippen LogP contribution in [0.2, 0.25) is 0 Å². The van der Waals surface area contributed by atoms with Gasteiger partial charge in [0.2, 0.25) is 0 Å². The van der Waals surface area contributed by atoms with E-state index in [2.05, 4.69) is 56.7 Å². The van der Waals surface area contributed by atoms with E-state index < -0.39 is 10.0 Å². The molecule has 2 aromatic rings. The van der Waals surface area contributed by atoms with E-state index in [0.29, 0.717) is 5.92 Å². The Kier molecular flexibility index (Phi) is 6.63. The second-order valence-electron chi connectivity index (χ2n) is 9.20. The Hall–Kier alpha value is -3.37. The number of aryl methyl sites for hydroxylation is 3. The van der Waals surface area contributed by atoms with Gasteiger partial charge in [0.15, 0.2) is 0 Å². The van der Waals surface area contributed by atoms with Crippen molar-refractivity contribution in [2.75, 3.05) is 0 Å². The number of rotatable bonds is 6. The van der Waals surface area contributed by atoms with Crippen LogP contribution in [0.25, 0.3) is 16.7 Å². The lowest BCUT2D eigenvalue weighted by Crippen LogP contribution is -2.18. The van der Waals surface area contributed by atoms with E-state index in [-0.39, 0.29) is 4.90 Å². The maximum Gasteiger partial charge on any atom is 0.261 e. The van der Waals surface area contributed by atoms with Gasteiger partial charge in [0.25, 0.3) is 10.0 Å². The molecule has 2 aliphatic carbocycles. The van der Waals surface area contributed by atoms with Crippen LogP contribution in [-0.2, 0) is 10.0 Å². The first-order chi connectivity index (χ1) is 16.2. The molecule has 34 heavy (non-hydrogen) atoms. The molecule has 2 aliphatic rings. The van der Waals surface area contributed by atoms with Gasteiger partial charge in [-0.1, -0.05) is 86.1 Å². The maximum atomic E-state index is 13.1. The summed E-state index contributed by atoms with van der Waals surface area (Å²) in [5.74, 6) is 0.415. The van der Waals surface area contributed by atoms with E-state index in [4.69, 9.17) is 0 Å². The molecule has 0 saturated carbocycles. The Morgan fingerprint density at radius 1 is 0.824 bits per heavy atom. The number of benzene rings is 2. The first-order valence-electron chi connectivity index (χ1n) is 11.6. The van der Waals surface area contributed by atoms with Gasteiger partial charge in [0.05, 0.1) is 4.90 Å². The quantitative estimate of drug-likeness (QED) is 0.324. The first-order valence-corrected chi connectivity index (χ1v) is 13.0. The van der Waals surface area contributed by atoms with Gasteiger partial charge in [-0.15, -0.1) is 0 Å². The standard InChI is InChI=1S/C30H31NO2S/c1-20(2)25-14-13-22(4)30-27(18-25)23(5)17-28(30)29(24-9-7-6-8-10-24)19-31-34(32,33)26-15-11-21(3)12-16-26/h6-20,31H,1-5H3/b29-19-. The normalized spacial score (nSPS) is 12.4. The summed E-state index contributed by atoms with van der Waals surface area (Å²) in [6.07, 6.45) is 1.63. The summed E-state index contributed by atoms with van der Waals surface area (Å²) in [6, 6.07) is 25.6. The van der Waals surface area contributed by atoms with Gasteiger partial charge in [-0.05, 0) is 77.8 Å². The van der Waals surface area contributed by atoms with Gasteiger partial charge in [-0.25, -0.2) is 8.42 Å². The van der Waals surface area contributed by atoms with Gasteiger partial charge in [0, 0.05) is 11.8 Å². The number of nitrogens with one attached hydrogen (secondary N) is 1. The molecular weight excluding hydrogens is 438 g/mol. The largest absolute Gasteiger partial charge is 0.286 e. The van der Waals surface area contributed by atoms with E-state index >= 15 is 0 Å². The van der Waals surface area contributed by atoms with E-state index in [0.717, 1.165) is 33.4 Å². The van der Waals surface area contributed by atoms with E-state index in [1.54, 1.807) is 30.5 Å².